The quantitative estimate of drug-likeness (QED) is 0.881. The molecule has 120 valence electrons. The Bertz CT molecular complexity index is 763. The van der Waals surface area contributed by atoms with Crippen LogP contribution in [0, 0.1) is 33.1 Å². The molecular formula is C20H25N3. The van der Waals surface area contributed by atoms with Gasteiger partial charge in [-0.3, -0.25) is 5.41 Å². The number of hydrogen-bond donors (Lipinski definition) is 1. The first-order chi connectivity index (χ1) is 10.9. The first-order valence-corrected chi connectivity index (χ1v) is 8.19. The Morgan fingerprint density at radius 1 is 0.870 bits per heavy atom. The molecule has 1 aliphatic rings. The van der Waals surface area contributed by atoms with Crippen molar-refractivity contribution in [2.45, 2.75) is 40.7 Å². The van der Waals surface area contributed by atoms with Crippen molar-refractivity contribution in [3.05, 3.63) is 58.7 Å². The fourth-order valence-corrected chi connectivity index (χ4v) is 3.36. The molecule has 3 heteroatoms. The van der Waals surface area contributed by atoms with Crippen LogP contribution in [-0.2, 0) is 0 Å². The number of rotatable bonds is 2. The Kier molecular flexibility index (Phi) is 3.88. The number of aryl methyl sites for hydroxylation is 2. The second-order valence-corrected chi connectivity index (χ2v) is 6.59. The molecule has 1 aliphatic heterocycles. The monoisotopic (exact) mass is 307 g/mol. The van der Waals surface area contributed by atoms with E-state index in [-0.39, 0.29) is 6.04 Å². The topological polar surface area (TPSA) is 30.3 Å². The van der Waals surface area contributed by atoms with Gasteiger partial charge in [-0.2, -0.15) is 0 Å². The van der Waals surface area contributed by atoms with Crippen molar-refractivity contribution in [3.63, 3.8) is 0 Å². The maximum atomic E-state index is 8.75. The molecule has 2 aromatic rings. The number of nitrogens with one attached hydrogen (secondary N) is 1. The molecule has 0 spiro atoms. The molecule has 1 unspecified atom stereocenters. The number of hydrogen-bond acceptors (Lipinski definition) is 1. The van der Waals surface area contributed by atoms with Crippen LogP contribution < -0.4 is 9.80 Å². The van der Waals surface area contributed by atoms with Crippen molar-refractivity contribution in [1.82, 2.24) is 0 Å². The molecule has 0 bridgehead atoms. The van der Waals surface area contributed by atoms with Crippen LogP contribution in [0.3, 0.4) is 0 Å². The summed E-state index contributed by atoms with van der Waals surface area (Å²) in [6, 6.07) is 12.9. The summed E-state index contributed by atoms with van der Waals surface area (Å²) < 4.78 is 0. The highest BCUT2D eigenvalue weighted by molar-refractivity contribution is 6.09. The molecule has 1 N–H and O–H groups in total. The lowest BCUT2D eigenvalue weighted by Gasteiger charge is -2.26. The first-order valence-electron chi connectivity index (χ1n) is 8.19. The summed E-state index contributed by atoms with van der Waals surface area (Å²) >= 11 is 0. The van der Waals surface area contributed by atoms with Crippen LogP contribution in [0.25, 0.3) is 0 Å². The largest absolute Gasteiger partial charge is 0.310 e. The number of benzene rings is 2. The van der Waals surface area contributed by atoms with E-state index in [0.29, 0.717) is 5.96 Å². The lowest BCUT2D eigenvalue weighted by Crippen LogP contribution is -2.35. The molecule has 23 heavy (non-hydrogen) atoms. The molecule has 1 fully saturated rings. The molecular weight excluding hydrogens is 282 g/mol. The summed E-state index contributed by atoms with van der Waals surface area (Å²) in [4.78, 5) is 4.29. The van der Waals surface area contributed by atoms with Gasteiger partial charge < -0.3 is 9.80 Å². The Labute approximate surface area is 139 Å². The van der Waals surface area contributed by atoms with Crippen LogP contribution in [-0.4, -0.2) is 18.5 Å². The van der Waals surface area contributed by atoms with E-state index in [4.69, 9.17) is 5.41 Å². The molecule has 0 amide bonds. The average Bonchev–Trinajstić information content (AvgIpc) is 2.80. The SMILES string of the molecule is Cc1cccc(N2CC(C)N(c3cccc(C)c3C)C2=N)c1C. The summed E-state index contributed by atoms with van der Waals surface area (Å²) in [6.07, 6.45) is 0. The van der Waals surface area contributed by atoms with Gasteiger partial charge in [0.05, 0.1) is 6.04 Å². The van der Waals surface area contributed by atoms with Crippen molar-refractivity contribution in [2.24, 2.45) is 0 Å². The molecule has 1 atom stereocenters. The van der Waals surface area contributed by atoms with E-state index in [1.54, 1.807) is 0 Å². The van der Waals surface area contributed by atoms with Gasteiger partial charge in [0.15, 0.2) is 0 Å². The van der Waals surface area contributed by atoms with E-state index in [0.717, 1.165) is 17.9 Å². The predicted molar refractivity (Wildman–Crippen MR) is 98.8 cm³/mol. The second-order valence-electron chi connectivity index (χ2n) is 6.59. The second kappa shape index (κ2) is 5.73. The number of anilines is 2. The molecule has 0 radical (unpaired) electrons. The van der Waals surface area contributed by atoms with Crippen molar-refractivity contribution in [3.8, 4) is 0 Å². The standard InChI is InChI=1S/C20H25N3/c1-13-8-6-10-18(16(13)4)22-12-15(3)23(20(22)21)19-11-7-9-14(2)17(19)5/h6-11,15,21H,12H2,1-5H3. The van der Waals surface area contributed by atoms with Gasteiger partial charge in [0.2, 0.25) is 5.96 Å². The minimum absolute atomic E-state index is 0.280. The van der Waals surface area contributed by atoms with E-state index in [2.05, 4.69) is 80.8 Å². The highest BCUT2D eigenvalue weighted by Crippen LogP contribution is 2.33. The van der Waals surface area contributed by atoms with E-state index in [1.807, 2.05) is 0 Å². The zero-order valence-corrected chi connectivity index (χ0v) is 14.6. The summed E-state index contributed by atoms with van der Waals surface area (Å²) in [5, 5.41) is 8.75. The van der Waals surface area contributed by atoms with Crippen molar-refractivity contribution in [1.29, 1.82) is 5.41 Å². The zero-order chi connectivity index (χ0) is 16.7. The molecule has 1 heterocycles. The van der Waals surface area contributed by atoms with E-state index >= 15 is 0 Å². The summed E-state index contributed by atoms with van der Waals surface area (Å²) in [5.74, 6) is 0.569. The van der Waals surface area contributed by atoms with Crippen LogP contribution >= 0.6 is 0 Å². The third-order valence-corrected chi connectivity index (χ3v) is 5.07. The molecule has 0 aliphatic carbocycles. The third kappa shape index (κ3) is 2.50. The Morgan fingerprint density at radius 3 is 2.00 bits per heavy atom. The molecule has 0 saturated carbocycles. The fourth-order valence-electron chi connectivity index (χ4n) is 3.36. The highest BCUT2D eigenvalue weighted by atomic mass is 15.4. The predicted octanol–water partition coefficient (Wildman–Crippen LogP) is 4.57. The molecule has 3 rings (SSSR count). The van der Waals surface area contributed by atoms with Crippen molar-refractivity contribution in [2.75, 3.05) is 16.3 Å². The Balaban J connectivity index is 2.02. The fraction of sp³-hybridized carbons (Fsp3) is 0.350. The van der Waals surface area contributed by atoms with Gasteiger partial charge in [0.1, 0.15) is 0 Å². The van der Waals surface area contributed by atoms with Gasteiger partial charge >= 0.3 is 0 Å². The first kappa shape index (κ1) is 15.6. The molecule has 0 aromatic heterocycles. The van der Waals surface area contributed by atoms with Crippen molar-refractivity contribution >= 4 is 17.3 Å². The Hall–Kier alpha value is -2.29. The van der Waals surface area contributed by atoms with Gasteiger partial charge in [-0.05, 0) is 69.0 Å². The smallest absolute Gasteiger partial charge is 0.203 e. The maximum absolute atomic E-state index is 8.75. The highest BCUT2D eigenvalue weighted by Gasteiger charge is 2.34. The van der Waals surface area contributed by atoms with Crippen LogP contribution in [0.2, 0.25) is 0 Å². The average molecular weight is 307 g/mol. The third-order valence-electron chi connectivity index (χ3n) is 5.07. The zero-order valence-electron chi connectivity index (χ0n) is 14.6. The van der Waals surface area contributed by atoms with Crippen LogP contribution in [0.15, 0.2) is 36.4 Å². The number of nitrogens with zero attached hydrogens (tertiary/aromatic N) is 2. The minimum atomic E-state index is 0.280. The molecule has 3 nitrogen and oxygen atoms in total. The van der Waals surface area contributed by atoms with Crippen LogP contribution in [0.1, 0.15) is 29.2 Å². The normalized spacial score (nSPS) is 18.0. The van der Waals surface area contributed by atoms with E-state index in [1.165, 1.54) is 22.3 Å². The lowest BCUT2D eigenvalue weighted by molar-refractivity contribution is 0.791. The van der Waals surface area contributed by atoms with Gasteiger partial charge in [-0.15, -0.1) is 0 Å². The molecule has 2 aromatic carbocycles. The summed E-state index contributed by atoms with van der Waals surface area (Å²) in [7, 11) is 0. The van der Waals surface area contributed by atoms with Crippen LogP contribution in [0.5, 0.6) is 0 Å². The Morgan fingerprint density at radius 2 is 1.39 bits per heavy atom. The van der Waals surface area contributed by atoms with Gasteiger partial charge in [0.25, 0.3) is 0 Å². The summed E-state index contributed by atoms with van der Waals surface area (Å²) in [6.45, 7) is 11.6. The van der Waals surface area contributed by atoms with Crippen molar-refractivity contribution < 1.29 is 0 Å². The minimum Gasteiger partial charge on any atom is -0.310 e. The molecule has 1 saturated heterocycles. The maximum Gasteiger partial charge on any atom is 0.203 e. The number of guanidine groups is 1. The lowest BCUT2D eigenvalue weighted by atomic mass is 10.1. The van der Waals surface area contributed by atoms with Gasteiger partial charge in [-0.25, -0.2) is 0 Å². The van der Waals surface area contributed by atoms with Gasteiger partial charge in [0, 0.05) is 17.9 Å². The summed E-state index contributed by atoms with van der Waals surface area (Å²) in [5.41, 5.74) is 7.35. The van der Waals surface area contributed by atoms with Crippen LogP contribution in [0.4, 0.5) is 11.4 Å². The van der Waals surface area contributed by atoms with E-state index in [9.17, 15) is 0 Å². The van der Waals surface area contributed by atoms with Gasteiger partial charge in [-0.1, -0.05) is 24.3 Å². The van der Waals surface area contributed by atoms with E-state index < -0.39 is 0 Å².